The number of methoxy groups -OCH3 is 1. The maximum Gasteiger partial charge on any atom is 0.336 e. The van der Waals surface area contributed by atoms with Gasteiger partial charge in [0.1, 0.15) is 11.6 Å². The van der Waals surface area contributed by atoms with Gasteiger partial charge < -0.3 is 19.8 Å². The maximum absolute atomic E-state index is 12.9. The predicted octanol–water partition coefficient (Wildman–Crippen LogP) is 3.29. The van der Waals surface area contributed by atoms with Crippen LogP contribution in [0.3, 0.4) is 0 Å². The molecule has 3 rings (SSSR count). The smallest absolute Gasteiger partial charge is 0.336 e. The number of carbonyl (C=O) groups excluding carboxylic acids is 1. The number of hydrogen-bond acceptors (Lipinski definition) is 7. The summed E-state index contributed by atoms with van der Waals surface area (Å²) in [6.45, 7) is 6.24. The molecule has 2 N–H and O–H groups in total. The molecule has 148 valence electrons. The van der Waals surface area contributed by atoms with Crippen LogP contribution in [0, 0.1) is 0 Å². The minimum atomic E-state index is -0.587. The van der Waals surface area contributed by atoms with Crippen LogP contribution in [-0.4, -0.2) is 35.4 Å². The molecule has 28 heavy (non-hydrogen) atoms. The number of benzene rings is 1. The van der Waals surface area contributed by atoms with E-state index in [-0.39, 0.29) is 5.56 Å². The molecule has 1 aromatic carbocycles. The second-order valence-electron chi connectivity index (χ2n) is 6.16. The van der Waals surface area contributed by atoms with Crippen LogP contribution >= 0.6 is 11.8 Å². The molecular formula is C20H23N3O4S. The Hall–Kier alpha value is -2.74. The van der Waals surface area contributed by atoms with Gasteiger partial charge in [0, 0.05) is 5.70 Å². The Kier molecular flexibility index (Phi) is 6.08. The van der Waals surface area contributed by atoms with Crippen molar-refractivity contribution in [3.05, 3.63) is 57.0 Å². The average Bonchev–Trinajstić information content (AvgIpc) is 2.67. The number of allylic oxidation sites excluding steroid dienone is 1. The number of fused-ring (bicyclic) bond motifs is 1. The van der Waals surface area contributed by atoms with Crippen molar-refractivity contribution in [2.45, 2.75) is 31.8 Å². The number of esters is 1. The molecule has 1 atom stereocenters. The third kappa shape index (κ3) is 3.77. The molecule has 0 saturated carbocycles. The Morgan fingerprint density at radius 3 is 2.57 bits per heavy atom. The summed E-state index contributed by atoms with van der Waals surface area (Å²) < 4.78 is 10.5. The summed E-state index contributed by atoms with van der Waals surface area (Å²) in [6, 6.07) is 7.37. The summed E-state index contributed by atoms with van der Waals surface area (Å²) in [5.74, 6) is 0.898. The van der Waals surface area contributed by atoms with Gasteiger partial charge in [-0.05, 0) is 37.3 Å². The summed E-state index contributed by atoms with van der Waals surface area (Å²) in [7, 11) is 1.33. The monoisotopic (exact) mass is 401 g/mol. The lowest BCUT2D eigenvalue weighted by Crippen LogP contribution is -2.31. The molecule has 1 aromatic heterocycles. The fraction of sp³-hybridized carbons (Fsp3) is 0.350. The van der Waals surface area contributed by atoms with Crippen LogP contribution in [0.25, 0.3) is 0 Å². The normalized spacial score (nSPS) is 15.6. The highest BCUT2D eigenvalue weighted by Crippen LogP contribution is 2.40. The van der Waals surface area contributed by atoms with E-state index in [0.29, 0.717) is 34.4 Å². The van der Waals surface area contributed by atoms with Crippen LogP contribution < -0.4 is 15.6 Å². The Morgan fingerprint density at radius 2 is 1.96 bits per heavy atom. The fourth-order valence-electron chi connectivity index (χ4n) is 3.27. The van der Waals surface area contributed by atoms with Crippen LogP contribution in [-0.2, 0) is 9.53 Å². The highest BCUT2D eigenvalue weighted by atomic mass is 32.2. The quantitative estimate of drug-likeness (QED) is 0.436. The van der Waals surface area contributed by atoms with Crippen molar-refractivity contribution in [1.29, 1.82) is 0 Å². The van der Waals surface area contributed by atoms with E-state index in [1.807, 2.05) is 38.1 Å². The Morgan fingerprint density at radius 1 is 1.25 bits per heavy atom. The molecule has 0 saturated heterocycles. The number of nitrogens with zero attached hydrogens (tertiary/aromatic N) is 1. The van der Waals surface area contributed by atoms with E-state index in [1.54, 1.807) is 6.92 Å². The number of thioether (sulfide) groups is 1. The summed E-state index contributed by atoms with van der Waals surface area (Å²) >= 11 is 1.45. The molecule has 1 unspecified atom stereocenters. The van der Waals surface area contributed by atoms with Crippen molar-refractivity contribution in [2.24, 2.45) is 0 Å². The highest BCUT2D eigenvalue weighted by molar-refractivity contribution is 7.99. The van der Waals surface area contributed by atoms with Crippen molar-refractivity contribution in [2.75, 3.05) is 24.8 Å². The molecule has 7 nitrogen and oxygen atoms in total. The number of rotatable bonds is 6. The SMILES string of the molecule is CCOc1ccc(C2C(C(=O)OC)=C(C)Nc3nc(SCC)[nH]c(=O)c32)cc1. The lowest BCUT2D eigenvalue weighted by molar-refractivity contribution is -0.136. The van der Waals surface area contributed by atoms with Gasteiger partial charge in [-0.25, -0.2) is 9.78 Å². The van der Waals surface area contributed by atoms with Crippen molar-refractivity contribution >= 4 is 23.5 Å². The molecule has 8 heteroatoms. The second-order valence-corrected chi connectivity index (χ2v) is 7.41. The Labute approximate surface area is 167 Å². The number of aromatic nitrogens is 2. The van der Waals surface area contributed by atoms with E-state index >= 15 is 0 Å². The standard InChI is InChI=1S/C20H23N3O4S/c1-5-27-13-9-7-12(8-10-13)15-14(19(25)26-4)11(3)21-17-16(15)18(24)23-20(22-17)28-6-2/h7-10,15H,5-6H2,1-4H3,(H2,21,22,23,24). The minimum Gasteiger partial charge on any atom is -0.494 e. The van der Waals surface area contributed by atoms with Gasteiger partial charge in [0.25, 0.3) is 5.56 Å². The number of H-pyrrole nitrogens is 1. The van der Waals surface area contributed by atoms with Crippen LogP contribution in [0.1, 0.15) is 37.8 Å². The second kappa shape index (κ2) is 8.52. The van der Waals surface area contributed by atoms with E-state index in [1.165, 1.54) is 18.9 Å². The number of aromatic amines is 1. The van der Waals surface area contributed by atoms with Gasteiger partial charge >= 0.3 is 5.97 Å². The first-order chi connectivity index (χ1) is 13.5. The van der Waals surface area contributed by atoms with Gasteiger partial charge in [-0.2, -0.15) is 0 Å². The van der Waals surface area contributed by atoms with Gasteiger partial charge in [0.15, 0.2) is 5.16 Å². The lowest BCUT2D eigenvalue weighted by Gasteiger charge is -2.28. The van der Waals surface area contributed by atoms with Crippen LogP contribution in [0.15, 0.2) is 45.5 Å². The summed E-state index contributed by atoms with van der Waals surface area (Å²) in [6.07, 6.45) is 0. The summed E-state index contributed by atoms with van der Waals surface area (Å²) in [5.41, 5.74) is 1.91. The van der Waals surface area contributed by atoms with Gasteiger partial charge in [-0.15, -0.1) is 0 Å². The molecule has 0 fully saturated rings. The van der Waals surface area contributed by atoms with Crippen molar-refractivity contribution < 1.29 is 14.3 Å². The zero-order chi connectivity index (χ0) is 20.3. The van der Waals surface area contributed by atoms with Crippen molar-refractivity contribution in [3.63, 3.8) is 0 Å². The molecule has 1 aliphatic heterocycles. The Balaban J connectivity index is 2.18. The van der Waals surface area contributed by atoms with Crippen LogP contribution in [0.2, 0.25) is 0 Å². The molecule has 1 aliphatic rings. The summed E-state index contributed by atoms with van der Waals surface area (Å²) in [5, 5.41) is 3.65. The average molecular weight is 401 g/mol. The number of carbonyl (C=O) groups is 1. The zero-order valence-corrected chi connectivity index (χ0v) is 17.1. The highest BCUT2D eigenvalue weighted by Gasteiger charge is 2.36. The molecule has 2 heterocycles. The third-order valence-electron chi connectivity index (χ3n) is 4.43. The predicted molar refractivity (Wildman–Crippen MR) is 109 cm³/mol. The van der Waals surface area contributed by atoms with Crippen molar-refractivity contribution in [3.8, 4) is 5.75 Å². The van der Waals surface area contributed by atoms with Crippen molar-refractivity contribution in [1.82, 2.24) is 9.97 Å². The third-order valence-corrected chi connectivity index (χ3v) is 5.19. The van der Waals surface area contributed by atoms with E-state index in [2.05, 4.69) is 15.3 Å². The molecule has 0 bridgehead atoms. The molecule has 0 spiro atoms. The zero-order valence-electron chi connectivity index (χ0n) is 16.3. The summed E-state index contributed by atoms with van der Waals surface area (Å²) in [4.78, 5) is 32.8. The molecule has 0 radical (unpaired) electrons. The van der Waals surface area contributed by atoms with E-state index in [9.17, 15) is 9.59 Å². The largest absolute Gasteiger partial charge is 0.494 e. The molecule has 0 amide bonds. The molecule has 0 aliphatic carbocycles. The Bertz CT molecular complexity index is 966. The van der Waals surface area contributed by atoms with E-state index in [0.717, 1.165) is 17.1 Å². The first-order valence-electron chi connectivity index (χ1n) is 9.06. The minimum absolute atomic E-state index is 0.277. The fourth-order valence-corrected chi connectivity index (χ4v) is 3.87. The first kappa shape index (κ1) is 20.0. The number of nitrogens with one attached hydrogen (secondary N) is 2. The topological polar surface area (TPSA) is 93.3 Å². The van der Waals surface area contributed by atoms with E-state index < -0.39 is 11.9 Å². The van der Waals surface area contributed by atoms with Crippen LogP contribution in [0.5, 0.6) is 5.75 Å². The number of hydrogen-bond donors (Lipinski definition) is 2. The molecule has 2 aromatic rings. The lowest BCUT2D eigenvalue weighted by atomic mass is 9.82. The molecular weight excluding hydrogens is 378 g/mol. The van der Waals surface area contributed by atoms with Gasteiger partial charge in [0.05, 0.1) is 30.8 Å². The number of anilines is 1. The van der Waals surface area contributed by atoms with Gasteiger partial charge in [-0.1, -0.05) is 30.8 Å². The van der Waals surface area contributed by atoms with Crippen LogP contribution in [0.4, 0.5) is 5.82 Å². The first-order valence-corrected chi connectivity index (χ1v) is 10.0. The number of ether oxygens (including phenoxy) is 2. The van der Waals surface area contributed by atoms with Gasteiger partial charge in [-0.3, -0.25) is 4.79 Å². The van der Waals surface area contributed by atoms with E-state index in [4.69, 9.17) is 9.47 Å². The maximum atomic E-state index is 12.9. The van der Waals surface area contributed by atoms with Gasteiger partial charge in [0.2, 0.25) is 0 Å².